The molecule has 1 aromatic heterocycles. The molecule has 1 atom stereocenters. The molecule has 76 valence electrons. The van der Waals surface area contributed by atoms with E-state index in [1.54, 1.807) is 12.1 Å². The Labute approximate surface area is 86.7 Å². The number of hydrogen-bond acceptors (Lipinski definition) is 3. The van der Waals surface area contributed by atoms with Crippen LogP contribution in [0.3, 0.4) is 0 Å². The average molecular weight is 215 g/mol. The number of aliphatic hydroxyl groups excluding tert-OH is 1. The van der Waals surface area contributed by atoms with Gasteiger partial charge in [-0.3, -0.25) is 9.78 Å². The minimum absolute atomic E-state index is 0.108. The number of carbonyl (C=O) groups excluding carboxylic acids is 1. The summed E-state index contributed by atoms with van der Waals surface area (Å²) in [6.07, 6.45) is 0.884. The number of hydrogen-bond donors (Lipinski definition) is 2. The van der Waals surface area contributed by atoms with Gasteiger partial charge in [-0.25, -0.2) is 0 Å². The van der Waals surface area contributed by atoms with E-state index in [1.165, 1.54) is 6.20 Å². The molecule has 3 N–H and O–H groups in total. The highest BCUT2D eigenvalue weighted by molar-refractivity contribution is 6.18. The number of aliphatic hydroxyl groups is 1. The Morgan fingerprint density at radius 1 is 1.64 bits per heavy atom. The van der Waals surface area contributed by atoms with Crippen molar-refractivity contribution in [2.24, 2.45) is 5.73 Å². The molecule has 14 heavy (non-hydrogen) atoms. The number of carbonyl (C=O) groups is 1. The van der Waals surface area contributed by atoms with E-state index in [0.717, 1.165) is 0 Å². The second-order valence-corrected chi connectivity index (χ2v) is 3.20. The van der Waals surface area contributed by atoms with Crippen molar-refractivity contribution in [3.8, 4) is 0 Å². The number of alkyl halides is 1. The predicted molar refractivity (Wildman–Crippen MR) is 52.8 cm³/mol. The Hall–Kier alpha value is -1.13. The van der Waals surface area contributed by atoms with Gasteiger partial charge in [-0.05, 0) is 6.07 Å². The van der Waals surface area contributed by atoms with Gasteiger partial charge in [-0.2, -0.15) is 0 Å². The van der Waals surface area contributed by atoms with Crippen molar-refractivity contribution in [3.63, 3.8) is 0 Å². The van der Waals surface area contributed by atoms with E-state index in [-0.39, 0.29) is 12.3 Å². The Kier molecular flexibility index (Phi) is 3.85. The SMILES string of the molecule is NC(=O)Cc1ccc(C(O)CCl)cn1. The van der Waals surface area contributed by atoms with Crippen molar-refractivity contribution < 1.29 is 9.90 Å². The first-order valence-corrected chi connectivity index (χ1v) is 4.64. The van der Waals surface area contributed by atoms with E-state index in [4.69, 9.17) is 17.3 Å². The maximum Gasteiger partial charge on any atom is 0.223 e. The molecule has 5 heteroatoms. The van der Waals surface area contributed by atoms with Crippen LogP contribution < -0.4 is 5.73 Å². The summed E-state index contributed by atoms with van der Waals surface area (Å²) in [6, 6.07) is 3.33. The average Bonchev–Trinajstić information content (AvgIpc) is 2.17. The molecule has 0 radical (unpaired) electrons. The van der Waals surface area contributed by atoms with E-state index in [0.29, 0.717) is 11.3 Å². The highest BCUT2D eigenvalue weighted by atomic mass is 35.5. The molecule has 0 bridgehead atoms. The number of rotatable bonds is 4. The molecule has 0 fully saturated rings. The van der Waals surface area contributed by atoms with Crippen LogP contribution >= 0.6 is 11.6 Å². The van der Waals surface area contributed by atoms with Gasteiger partial charge in [0, 0.05) is 17.5 Å². The number of halogens is 1. The molecule has 0 saturated heterocycles. The maximum atomic E-state index is 10.6. The van der Waals surface area contributed by atoms with Crippen LogP contribution in [0.1, 0.15) is 17.4 Å². The molecular formula is C9H11ClN2O2. The summed E-state index contributed by atoms with van der Waals surface area (Å²) >= 11 is 5.46. The zero-order chi connectivity index (χ0) is 10.6. The van der Waals surface area contributed by atoms with Crippen LogP contribution in [0.25, 0.3) is 0 Å². The van der Waals surface area contributed by atoms with Crippen LogP contribution in [0.2, 0.25) is 0 Å². The number of nitrogens with zero attached hydrogens (tertiary/aromatic N) is 1. The minimum Gasteiger partial charge on any atom is -0.387 e. The summed E-state index contributed by atoms with van der Waals surface area (Å²) in [6.45, 7) is 0. The molecule has 1 heterocycles. The molecule has 0 aromatic carbocycles. The fourth-order valence-corrected chi connectivity index (χ4v) is 1.18. The fourth-order valence-electron chi connectivity index (χ4n) is 1.01. The van der Waals surface area contributed by atoms with Crippen LogP contribution in [0, 0.1) is 0 Å². The van der Waals surface area contributed by atoms with Crippen molar-refractivity contribution in [2.45, 2.75) is 12.5 Å². The number of aromatic nitrogens is 1. The van der Waals surface area contributed by atoms with Gasteiger partial charge in [0.15, 0.2) is 0 Å². The van der Waals surface area contributed by atoms with Gasteiger partial charge in [0.05, 0.1) is 18.4 Å². The molecule has 0 saturated carbocycles. The minimum atomic E-state index is -0.716. The van der Waals surface area contributed by atoms with Gasteiger partial charge in [0.25, 0.3) is 0 Å². The Balaban J connectivity index is 2.73. The molecule has 0 aliphatic heterocycles. The quantitative estimate of drug-likeness (QED) is 0.712. The van der Waals surface area contributed by atoms with Crippen LogP contribution in [-0.4, -0.2) is 21.9 Å². The topological polar surface area (TPSA) is 76.2 Å². The summed E-state index contributed by atoms with van der Waals surface area (Å²) in [5.74, 6) is -0.306. The Morgan fingerprint density at radius 3 is 2.79 bits per heavy atom. The van der Waals surface area contributed by atoms with Gasteiger partial charge in [0.1, 0.15) is 0 Å². The van der Waals surface area contributed by atoms with Crippen LogP contribution in [0.5, 0.6) is 0 Å². The van der Waals surface area contributed by atoms with Crippen LogP contribution in [0.15, 0.2) is 18.3 Å². The molecule has 1 rings (SSSR count). The van der Waals surface area contributed by atoms with Gasteiger partial charge >= 0.3 is 0 Å². The molecule has 1 amide bonds. The Morgan fingerprint density at radius 2 is 2.36 bits per heavy atom. The molecular weight excluding hydrogens is 204 g/mol. The Bertz CT molecular complexity index is 313. The van der Waals surface area contributed by atoms with Gasteiger partial charge < -0.3 is 10.8 Å². The van der Waals surface area contributed by atoms with E-state index in [9.17, 15) is 9.90 Å². The van der Waals surface area contributed by atoms with Gasteiger partial charge in [-0.1, -0.05) is 6.07 Å². The summed E-state index contributed by atoms with van der Waals surface area (Å²) < 4.78 is 0. The zero-order valence-electron chi connectivity index (χ0n) is 7.48. The summed E-state index contributed by atoms with van der Waals surface area (Å²) in [7, 11) is 0. The predicted octanol–water partition coefficient (Wildman–Crippen LogP) is 0.382. The molecule has 0 aliphatic rings. The highest BCUT2D eigenvalue weighted by Crippen LogP contribution is 2.13. The number of amides is 1. The van der Waals surface area contributed by atoms with E-state index >= 15 is 0 Å². The first-order valence-electron chi connectivity index (χ1n) is 4.10. The van der Waals surface area contributed by atoms with E-state index in [1.807, 2.05) is 0 Å². The monoisotopic (exact) mass is 214 g/mol. The molecule has 0 aliphatic carbocycles. The largest absolute Gasteiger partial charge is 0.387 e. The summed E-state index contributed by atoms with van der Waals surface area (Å²) in [5.41, 5.74) is 6.22. The van der Waals surface area contributed by atoms with Crippen molar-refractivity contribution in [2.75, 3.05) is 5.88 Å². The lowest BCUT2D eigenvalue weighted by Gasteiger charge is -2.06. The molecule has 0 spiro atoms. The second kappa shape index (κ2) is 4.93. The van der Waals surface area contributed by atoms with Crippen molar-refractivity contribution >= 4 is 17.5 Å². The first kappa shape index (κ1) is 10.9. The third-order valence-electron chi connectivity index (χ3n) is 1.73. The lowest BCUT2D eigenvalue weighted by Crippen LogP contribution is -2.14. The van der Waals surface area contributed by atoms with E-state index < -0.39 is 12.0 Å². The van der Waals surface area contributed by atoms with Crippen LogP contribution in [0.4, 0.5) is 0 Å². The zero-order valence-corrected chi connectivity index (χ0v) is 8.24. The van der Waals surface area contributed by atoms with Gasteiger partial charge in [0.2, 0.25) is 5.91 Å². The van der Waals surface area contributed by atoms with Crippen molar-refractivity contribution in [1.82, 2.24) is 4.98 Å². The molecule has 4 nitrogen and oxygen atoms in total. The number of pyridine rings is 1. The number of primary amides is 1. The molecule has 1 unspecified atom stereocenters. The third kappa shape index (κ3) is 2.97. The standard InChI is InChI=1S/C9H11ClN2O2/c10-4-8(13)6-1-2-7(12-5-6)3-9(11)14/h1-2,5,8,13H,3-4H2,(H2,11,14). The lowest BCUT2D eigenvalue weighted by atomic mass is 10.1. The maximum absolute atomic E-state index is 10.6. The number of nitrogens with two attached hydrogens (primary N) is 1. The summed E-state index contributed by atoms with van der Waals surface area (Å²) in [5, 5.41) is 9.34. The van der Waals surface area contributed by atoms with Crippen molar-refractivity contribution in [3.05, 3.63) is 29.6 Å². The third-order valence-corrected chi connectivity index (χ3v) is 2.03. The lowest BCUT2D eigenvalue weighted by molar-refractivity contribution is -0.117. The summed E-state index contributed by atoms with van der Waals surface area (Å²) in [4.78, 5) is 14.5. The second-order valence-electron chi connectivity index (χ2n) is 2.90. The van der Waals surface area contributed by atoms with Crippen molar-refractivity contribution in [1.29, 1.82) is 0 Å². The first-order chi connectivity index (χ1) is 6.63. The van der Waals surface area contributed by atoms with Crippen LogP contribution in [-0.2, 0) is 11.2 Å². The van der Waals surface area contributed by atoms with E-state index in [2.05, 4.69) is 4.98 Å². The normalized spacial score (nSPS) is 12.4. The molecule has 1 aromatic rings. The fraction of sp³-hybridized carbons (Fsp3) is 0.333. The van der Waals surface area contributed by atoms with Gasteiger partial charge in [-0.15, -0.1) is 11.6 Å². The smallest absolute Gasteiger partial charge is 0.223 e. The highest BCUT2D eigenvalue weighted by Gasteiger charge is 2.06.